The zero-order valence-corrected chi connectivity index (χ0v) is 13.6. The van der Waals surface area contributed by atoms with Crippen molar-refractivity contribution in [1.82, 2.24) is 10.2 Å². The van der Waals surface area contributed by atoms with Gasteiger partial charge in [0.05, 0.1) is 6.07 Å². The van der Waals surface area contributed by atoms with Crippen LogP contribution >= 0.6 is 0 Å². The largest absolute Gasteiger partial charge is 0.444 e. The zero-order valence-electron chi connectivity index (χ0n) is 13.6. The van der Waals surface area contributed by atoms with Gasteiger partial charge in [-0.3, -0.25) is 0 Å². The van der Waals surface area contributed by atoms with Crippen LogP contribution in [0.1, 0.15) is 40.0 Å². The molecule has 0 radical (unpaired) electrons. The summed E-state index contributed by atoms with van der Waals surface area (Å²) in [6.07, 6.45) is 8.39. The van der Waals surface area contributed by atoms with Gasteiger partial charge < -0.3 is 15.0 Å². The average Bonchev–Trinajstić information content (AvgIpc) is 2.47. The number of carbonyl (C=O) groups excluding carboxylic acids is 1. The van der Waals surface area contributed by atoms with Gasteiger partial charge in [-0.25, -0.2) is 4.79 Å². The molecule has 1 heterocycles. The first-order valence-corrected chi connectivity index (χ1v) is 7.90. The predicted molar refractivity (Wildman–Crippen MR) is 85.2 cm³/mol. The minimum absolute atomic E-state index is 0.217. The van der Waals surface area contributed by atoms with E-state index in [9.17, 15) is 4.79 Å². The minimum Gasteiger partial charge on any atom is -0.444 e. The number of carbonyl (C=O) groups is 1. The lowest BCUT2D eigenvalue weighted by Crippen LogP contribution is -2.48. The smallest absolute Gasteiger partial charge is 0.410 e. The number of nitrogens with zero attached hydrogens (tertiary/aromatic N) is 2. The van der Waals surface area contributed by atoms with Gasteiger partial charge in [-0.2, -0.15) is 5.26 Å². The highest BCUT2D eigenvalue weighted by Gasteiger charge is 2.27. The van der Waals surface area contributed by atoms with E-state index in [1.165, 1.54) is 0 Å². The van der Waals surface area contributed by atoms with Crippen molar-refractivity contribution in [2.75, 3.05) is 13.1 Å². The summed E-state index contributed by atoms with van der Waals surface area (Å²) in [5.74, 6) is 0. The molecule has 1 fully saturated rings. The highest BCUT2D eigenvalue weighted by atomic mass is 16.6. The Kier molecular flexibility index (Phi) is 5.25. The molecule has 5 nitrogen and oxygen atoms in total. The molecule has 120 valence electrons. The lowest BCUT2D eigenvalue weighted by Gasteiger charge is -2.35. The number of amides is 1. The van der Waals surface area contributed by atoms with Crippen molar-refractivity contribution in [3.8, 4) is 6.07 Å². The van der Waals surface area contributed by atoms with Crippen LogP contribution in [0.3, 0.4) is 0 Å². The SMILES string of the molecule is CC(C)(C)OC(=O)N1CCC(NC2C=CC(C#N)=CC2)CC1. The fourth-order valence-electron chi connectivity index (χ4n) is 2.68. The third kappa shape index (κ3) is 4.88. The number of nitrogens with one attached hydrogen (secondary N) is 1. The minimum atomic E-state index is -0.441. The van der Waals surface area contributed by atoms with Crippen LogP contribution in [0.4, 0.5) is 4.79 Å². The predicted octanol–water partition coefficient (Wildman–Crippen LogP) is 2.75. The van der Waals surface area contributed by atoms with Crippen molar-refractivity contribution >= 4 is 6.09 Å². The number of hydrogen-bond donors (Lipinski definition) is 1. The first-order valence-electron chi connectivity index (χ1n) is 7.90. The number of likely N-dealkylation sites (tertiary alicyclic amines) is 1. The lowest BCUT2D eigenvalue weighted by molar-refractivity contribution is 0.0197. The van der Waals surface area contributed by atoms with Crippen molar-refractivity contribution in [3.63, 3.8) is 0 Å². The van der Waals surface area contributed by atoms with Crippen molar-refractivity contribution in [2.24, 2.45) is 0 Å². The number of piperidine rings is 1. The second-order valence-electron chi connectivity index (χ2n) is 6.88. The number of hydrogen-bond acceptors (Lipinski definition) is 4. The highest BCUT2D eigenvalue weighted by Crippen LogP contribution is 2.17. The Morgan fingerprint density at radius 2 is 2.09 bits per heavy atom. The van der Waals surface area contributed by atoms with Crippen molar-refractivity contribution in [1.29, 1.82) is 5.26 Å². The van der Waals surface area contributed by atoms with Crippen LogP contribution in [0, 0.1) is 11.3 Å². The summed E-state index contributed by atoms with van der Waals surface area (Å²) < 4.78 is 5.40. The van der Waals surface area contributed by atoms with Gasteiger partial charge in [-0.1, -0.05) is 12.2 Å². The molecule has 1 aliphatic carbocycles. The molecule has 2 aliphatic rings. The van der Waals surface area contributed by atoms with E-state index in [4.69, 9.17) is 10.00 Å². The first kappa shape index (κ1) is 16.6. The van der Waals surface area contributed by atoms with Crippen LogP contribution in [0.5, 0.6) is 0 Å². The van der Waals surface area contributed by atoms with Gasteiger partial charge in [-0.05, 0) is 46.1 Å². The Morgan fingerprint density at radius 3 is 2.59 bits per heavy atom. The van der Waals surface area contributed by atoms with E-state index in [1.54, 1.807) is 4.90 Å². The van der Waals surface area contributed by atoms with E-state index in [0.29, 0.717) is 6.04 Å². The monoisotopic (exact) mass is 303 g/mol. The molecule has 0 aromatic heterocycles. The molecule has 5 heteroatoms. The van der Waals surface area contributed by atoms with Crippen LogP contribution in [0.25, 0.3) is 0 Å². The summed E-state index contributed by atoms with van der Waals surface area (Å²) >= 11 is 0. The molecule has 0 aromatic rings. The molecule has 0 aromatic carbocycles. The van der Waals surface area contributed by atoms with Gasteiger partial charge in [0.1, 0.15) is 5.60 Å². The number of allylic oxidation sites excluding steroid dienone is 2. The molecular weight excluding hydrogens is 278 g/mol. The summed E-state index contributed by atoms with van der Waals surface area (Å²) in [7, 11) is 0. The number of ether oxygens (including phenoxy) is 1. The fourth-order valence-corrected chi connectivity index (χ4v) is 2.68. The molecular formula is C17H25N3O2. The standard InChI is InChI=1S/C17H25N3O2/c1-17(2,3)22-16(21)20-10-8-15(9-11-20)19-14-6-4-13(12-18)5-7-14/h4-6,14-15,19H,7-11H2,1-3H3. The van der Waals surface area contributed by atoms with Crippen LogP contribution in [0.15, 0.2) is 23.8 Å². The van der Waals surface area contributed by atoms with Gasteiger partial charge in [0.15, 0.2) is 0 Å². The summed E-state index contributed by atoms with van der Waals surface area (Å²) in [6, 6.07) is 2.85. The second-order valence-corrected chi connectivity index (χ2v) is 6.88. The van der Waals surface area contributed by atoms with E-state index in [0.717, 1.165) is 37.9 Å². The maximum atomic E-state index is 12.0. The zero-order chi connectivity index (χ0) is 16.2. The van der Waals surface area contributed by atoms with E-state index < -0.39 is 5.60 Å². The van der Waals surface area contributed by atoms with Crippen molar-refractivity contribution < 1.29 is 9.53 Å². The van der Waals surface area contributed by atoms with E-state index in [2.05, 4.69) is 17.5 Å². The van der Waals surface area contributed by atoms with Gasteiger partial charge in [0, 0.05) is 30.7 Å². The summed E-state index contributed by atoms with van der Waals surface area (Å²) in [5.41, 5.74) is 0.293. The third-order valence-electron chi connectivity index (χ3n) is 3.83. The Labute approximate surface area is 132 Å². The maximum absolute atomic E-state index is 12.0. The second kappa shape index (κ2) is 6.97. The van der Waals surface area contributed by atoms with Crippen LogP contribution < -0.4 is 5.32 Å². The van der Waals surface area contributed by atoms with Crippen molar-refractivity contribution in [2.45, 2.75) is 57.7 Å². The Balaban J connectivity index is 1.74. The first-order chi connectivity index (χ1) is 10.4. The molecule has 1 amide bonds. The molecule has 1 aliphatic heterocycles. The van der Waals surface area contributed by atoms with Gasteiger partial charge in [0.25, 0.3) is 0 Å². The topological polar surface area (TPSA) is 65.4 Å². The normalized spacial score (nSPS) is 22.9. The van der Waals surface area contributed by atoms with E-state index >= 15 is 0 Å². The van der Waals surface area contributed by atoms with Gasteiger partial charge in [-0.15, -0.1) is 0 Å². The summed E-state index contributed by atoms with van der Waals surface area (Å²) in [4.78, 5) is 13.8. The maximum Gasteiger partial charge on any atom is 0.410 e. The van der Waals surface area contributed by atoms with Crippen LogP contribution in [-0.2, 0) is 4.74 Å². The molecule has 0 saturated carbocycles. The van der Waals surface area contributed by atoms with Gasteiger partial charge >= 0.3 is 6.09 Å². The molecule has 0 bridgehead atoms. The summed E-state index contributed by atoms with van der Waals surface area (Å²) in [5, 5.41) is 12.4. The Hall–Kier alpha value is -1.80. The number of rotatable bonds is 2. The molecule has 1 N–H and O–H groups in total. The quantitative estimate of drug-likeness (QED) is 0.852. The molecule has 0 spiro atoms. The van der Waals surface area contributed by atoms with Crippen molar-refractivity contribution in [3.05, 3.63) is 23.8 Å². The van der Waals surface area contributed by atoms with E-state index in [1.807, 2.05) is 32.9 Å². The Morgan fingerprint density at radius 1 is 1.41 bits per heavy atom. The van der Waals surface area contributed by atoms with Crippen LogP contribution in [0.2, 0.25) is 0 Å². The molecule has 1 atom stereocenters. The summed E-state index contributed by atoms with van der Waals surface area (Å²) in [6.45, 7) is 7.11. The fraction of sp³-hybridized carbons (Fsp3) is 0.647. The molecule has 1 unspecified atom stereocenters. The Bertz CT molecular complexity index is 503. The molecule has 1 saturated heterocycles. The third-order valence-corrected chi connectivity index (χ3v) is 3.83. The van der Waals surface area contributed by atoms with Gasteiger partial charge in [0.2, 0.25) is 0 Å². The van der Waals surface area contributed by atoms with Crippen LogP contribution in [-0.4, -0.2) is 41.8 Å². The average molecular weight is 303 g/mol. The van der Waals surface area contributed by atoms with E-state index in [-0.39, 0.29) is 12.1 Å². The molecule has 2 rings (SSSR count). The molecule has 22 heavy (non-hydrogen) atoms. The number of nitriles is 1. The highest BCUT2D eigenvalue weighted by molar-refractivity contribution is 5.68. The lowest BCUT2D eigenvalue weighted by atomic mass is 9.99.